The zero-order chi connectivity index (χ0) is 12.7. The fourth-order valence-corrected chi connectivity index (χ4v) is 4.32. The number of hydrogen-bond acceptors (Lipinski definition) is 3. The van der Waals surface area contributed by atoms with Gasteiger partial charge in [0.2, 0.25) is 0 Å². The number of ether oxygens (including phenoxy) is 1. The molecule has 0 aromatic rings. The molecule has 0 aromatic heterocycles. The van der Waals surface area contributed by atoms with Crippen LogP contribution in [0.5, 0.6) is 0 Å². The Morgan fingerprint density at radius 1 is 1.29 bits per heavy atom. The van der Waals surface area contributed by atoms with E-state index in [-0.39, 0.29) is 0 Å². The smallest absolute Gasteiger partial charge is 0.0553 e. The topological polar surface area (TPSA) is 21.3 Å². The molecule has 1 saturated carbocycles. The zero-order valence-corrected chi connectivity index (χ0v) is 12.7. The maximum atomic E-state index is 5.16. The highest BCUT2D eigenvalue weighted by molar-refractivity contribution is 8.00. The number of methoxy groups -OCH3 is 1. The van der Waals surface area contributed by atoms with Crippen molar-refractivity contribution in [2.75, 3.05) is 26.0 Å². The maximum Gasteiger partial charge on any atom is 0.0553 e. The summed E-state index contributed by atoms with van der Waals surface area (Å²) in [5, 5.41) is 4.52. The second-order valence-electron chi connectivity index (χ2n) is 5.44. The number of nitrogens with one attached hydrogen (secondary N) is 1. The summed E-state index contributed by atoms with van der Waals surface area (Å²) in [5.41, 5.74) is 0. The first kappa shape index (κ1) is 15.3. The summed E-state index contributed by atoms with van der Waals surface area (Å²) in [6, 6.07) is 0.704. The van der Waals surface area contributed by atoms with Crippen LogP contribution in [0, 0.1) is 11.8 Å². The fourth-order valence-electron chi connectivity index (χ4n) is 2.91. The summed E-state index contributed by atoms with van der Waals surface area (Å²) in [4.78, 5) is 0. The third kappa shape index (κ3) is 5.19. The molecule has 102 valence electrons. The van der Waals surface area contributed by atoms with E-state index in [9.17, 15) is 0 Å². The van der Waals surface area contributed by atoms with E-state index in [4.69, 9.17) is 4.74 Å². The van der Waals surface area contributed by atoms with Crippen LogP contribution in [-0.2, 0) is 4.74 Å². The minimum atomic E-state index is 0.704. The van der Waals surface area contributed by atoms with Crippen molar-refractivity contribution in [3.05, 3.63) is 0 Å². The molecule has 0 amide bonds. The van der Waals surface area contributed by atoms with E-state index in [0.29, 0.717) is 6.04 Å². The normalized spacial score (nSPS) is 33.9. The third-order valence-electron chi connectivity index (χ3n) is 3.64. The first-order valence-corrected chi connectivity index (χ1v) is 8.07. The van der Waals surface area contributed by atoms with Gasteiger partial charge in [-0.15, -0.1) is 0 Å². The largest absolute Gasteiger partial charge is 0.384 e. The van der Waals surface area contributed by atoms with Crippen LogP contribution in [0.15, 0.2) is 0 Å². The van der Waals surface area contributed by atoms with Crippen LogP contribution in [0.4, 0.5) is 0 Å². The first-order valence-electron chi connectivity index (χ1n) is 7.02. The molecule has 0 radical (unpaired) electrons. The predicted octanol–water partition coefficient (Wildman–Crippen LogP) is 3.17. The first-order chi connectivity index (χ1) is 8.19. The number of rotatable bonds is 7. The van der Waals surface area contributed by atoms with E-state index >= 15 is 0 Å². The van der Waals surface area contributed by atoms with Crippen LogP contribution >= 0.6 is 11.8 Å². The van der Waals surface area contributed by atoms with Gasteiger partial charge in [0.15, 0.2) is 0 Å². The molecule has 0 aromatic carbocycles. The Labute approximate surface area is 111 Å². The van der Waals surface area contributed by atoms with Gasteiger partial charge < -0.3 is 10.1 Å². The summed E-state index contributed by atoms with van der Waals surface area (Å²) < 4.78 is 5.16. The lowest BCUT2D eigenvalue weighted by atomic mass is 9.80. The zero-order valence-electron chi connectivity index (χ0n) is 11.9. The molecule has 0 spiro atoms. The van der Waals surface area contributed by atoms with Crippen molar-refractivity contribution in [2.24, 2.45) is 11.8 Å². The van der Waals surface area contributed by atoms with Crippen LogP contribution in [-0.4, -0.2) is 37.3 Å². The molecule has 1 rings (SSSR count). The average molecular weight is 259 g/mol. The fraction of sp³-hybridized carbons (Fsp3) is 1.00. The van der Waals surface area contributed by atoms with Crippen LogP contribution in [0.3, 0.4) is 0 Å². The summed E-state index contributed by atoms with van der Waals surface area (Å²) in [6.45, 7) is 9.10. The molecular weight excluding hydrogens is 230 g/mol. The molecule has 1 N–H and O–H groups in total. The number of thioether (sulfide) groups is 1. The van der Waals surface area contributed by atoms with Gasteiger partial charge in [-0.2, -0.15) is 11.8 Å². The Balaban J connectivity index is 2.46. The second kappa shape index (κ2) is 8.39. The van der Waals surface area contributed by atoms with E-state index in [1.54, 1.807) is 7.11 Å². The van der Waals surface area contributed by atoms with Crippen molar-refractivity contribution in [2.45, 2.75) is 51.3 Å². The van der Waals surface area contributed by atoms with Gasteiger partial charge in [0.1, 0.15) is 0 Å². The molecule has 2 nitrogen and oxygen atoms in total. The Hall–Kier alpha value is 0.270. The minimum absolute atomic E-state index is 0.704. The highest BCUT2D eigenvalue weighted by Crippen LogP contribution is 2.36. The van der Waals surface area contributed by atoms with E-state index < -0.39 is 0 Å². The van der Waals surface area contributed by atoms with Crippen molar-refractivity contribution in [3.8, 4) is 0 Å². The average Bonchev–Trinajstić information content (AvgIpc) is 2.29. The van der Waals surface area contributed by atoms with Crippen LogP contribution in [0.2, 0.25) is 0 Å². The Morgan fingerprint density at radius 2 is 2.06 bits per heavy atom. The van der Waals surface area contributed by atoms with E-state index in [1.807, 2.05) is 0 Å². The molecule has 0 heterocycles. The molecule has 3 heteroatoms. The lowest BCUT2D eigenvalue weighted by molar-refractivity contribution is 0.217. The van der Waals surface area contributed by atoms with Gasteiger partial charge in [-0.3, -0.25) is 0 Å². The molecule has 0 bridgehead atoms. The summed E-state index contributed by atoms with van der Waals surface area (Å²) >= 11 is 2.10. The summed E-state index contributed by atoms with van der Waals surface area (Å²) in [6.07, 6.45) is 3.96. The molecule has 1 aliphatic rings. The highest BCUT2D eigenvalue weighted by Gasteiger charge is 2.33. The highest BCUT2D eigenvalue weighted by atomic mass is 32.2. The second-order valence-corrected chi connectivity index (χ2v) is 6.73. The van der Waals surface area contributed by atoms with Crippen LogP contribution < -0.4 is 5.32 Å². The monoisotopic (exact) mass is 259 g/mol. The Morgan fingerprint density at radius 3 is 2.71 bits per heavy atom. The Kier molecular flexibility index (Phi) is 7.56. The lowest BCUT2D eigenvalue weighted by Gasteiger charge is -2.40. The van der Waals surface area contributed by atoms with Gasteiger partial charge in [-0.25, -0.2) is 0 Å². The van der Waals surface area contributed by atoms with Gasteiger partial charge in [0.25, 0.3) is 0 Å². The SMILES string of the molecule is CCCNC1CC(C)CC(C)C1SCCOC. The summed E-state index contributed by atoms with van der Waals surface area (Å²) in [5.74, 6) is 2.83. The van der Waals surface area contributed by atoms with Gasteiger partial charge in [0.05, 0.1) is 6.61 Å². The van der Waals surface area contributed by atoms with Crippen molar-refractivity contribution < 1.29 is 4.74 Å². The predicted molar refractivity (Wildman–Crippen MR) is 77.8 cm³/mol. The standard InChI is InChI=1S/C14H29NOS/c1-5-6-15-13-10-11(2)9-12(3)14(13)17-8-7-16-4/h11-15H,5-10H2,1-4H3. The van der Waals surface area contributed by atoms with Crippen molar-refractivity contribution in [1.82, 2.24) is 5.32 Å². The molecule has 0 aliphatic heterocycles. The minimum Gasteiger partial charge on any atom is -0.384 e. The molecule has 1 aliphatic carbocycles. The van der Waals surface area contributed by atoms with Gasteiger partial charge in [-0.1, -0.05) is 20.8 Å². The lowest BCUT2D eigenvalue weighted by Crippen LogP contribution is -2.46. The van der Waals surface area contributed by atoms with Gasteiger partial charge >= 0.3 is 0 Å². The molecular formula is C14H29NOS. The van der Waals surface area contributed by atoms with Crippen molar-refractivity contribution in [1.29, 1.82) is 0 Å². The third-order valence-corrected chi connectivity index (χ3v) is 5.22. The Bertz CT molecular complexity index is 201. The molecule has 0 saturated heterocycles. The molecule has 1 fully saturated rings. The van der Waals surface area contributed by atoms with Gasteiger partial charge in [-0.05, 0) is 37.6 Å². The van der Waals surface area contributed by atoms with Crippen molar-refractivity contribution >= 4 is 11.8 Å². The van der Waals surface area contributed by atoms with Gasteiger partial charge in [0, 0.05) is 24.2 Å². The molecule has 4 unspecified atom stereocenters. The van der Waals surface area contributed by atoms with E-state index in [1.165, 1.54) is 19.3 Å². The summed E-state index contributed by atoms with van der Waals surface area (Å²) in [7, 11) is 1.79. The van der Waals surface area contributed by atoms with E-state index in [2.05, 4.69) is 37.8 Å². The van der Waals surface area contributed by atoms with Crippen molar-refractivity contribution in [3.63, 3.8) is 0 Å². The quantitative estimate of drug-likeness (QED) is 0.710. The number of hydrogen-bond donors (Lipinski definition) is 1. The van der Waals surface area contributed by atoms with Crippen LogP contribution in [0.1, 0.15) is 40.0 Å². The molecule has 4 atom stereocenters. The molecule has 17 heavy (non-hydrogen) atoms. The van der Waals surface area contributed by atoms with E-state index in [0.717, 1.165) is 36.0 Å². The van der Waals surface area contributed by atoms with Crippen LogP contribution in [0.25, 0.3) is 0 Å². The maximum absolute atomic E-state index is 5.16.